The Labute approximate surface area is 159 Å². The number of aryl methyl sites for hydroxylation is 1. The van der Waals surface area contributed by atoms with Gasteiger partial charge in [0.2, 0.25) is 10.0 Å². The summed E-state index contributed by atoms with van der Waals surface area (Å²) >= 11 is 0. The van der Waals surface area contributed by atoms with Gasteiger partial charge in [-0.2, -0.15) is 4.31 Å². The molecular weight excluding hydrogens is 358 g/mol. The average molecular weight is 379 g/mol. The minimum atomic E-state index is -3.73. The van der Waals surface area contributed by atoms with Crippen LogP contribution in [0.15, 0.2) is 84.3 Å². The Bertz CT molecular complexity index is 1090. The molecule has 0 N–H and O–H groups in total. The smallest absolute Gasteiger partial charge is 0.246 e. The van der Waals surface area contributed by atoms with Crippen molar-refractivity contribution >= 4 is 20.8 Å². The van der Waals surface area contributed by atoms with Gasteiger partial charge >= 0.3 is 0 Å². The molecule has 0 saturated carbocycles. The number of sulfonamides is 1. The molecule has 2 atom stereocenters. The van der Waals surface area contributed by atoms with E-state index in [2.05, 4.69) is 6.58 Å². The molecule has 1 fully saturated rings. The van der Waals surface area contributed by atoms with Gasteiger partial charge in [-0.05, 0) is 41.5 Å². The fourth-order valence-electron chi connectivity index (χ4n) is 3.42. The summed E-state index contributed by atoms with van der Waals surface area (Å²) < 4.78 is 34.1. The lowest BCUT2D eigenvalue weighted by Gasteiger charge is -2.26. The summed E-state index contributed by atoms with van der Waals surface area (Å²) in [5, 5.41) is 2.15. The van der Waals surface area contributed by atoms with E-state index in [1.54, 1.807) is 30.3 Å². The second kappa shape index (κ2) is 6.93. The van der Waals surface area contributed by atoms with Crippen molar-refractivity contribution in [2.24, 2.45) is 0 Å². The topological polar surface area (TPSA) is 46.6 Å². The van der Waals surface area contributed by atoms with Gasteiger partial charge in [0.05, 0.1) is 17.5 Å². The Kier molecular flexibility index (Phi) is 4.60. The molecular formula is C22H21NO3S. The van der Waals surface area contributed by atoms with Crippen LogP contribution in [0.25, 0.3) is 10.8 Å². The van der Waals surface area contributed by atoms with Gasteiger partial charge in [0.25, 0.3) is 0 Å². The van der Waals surface area contributed by atoms with E-state index in [4.69, 9.17) is 4.74 Å². The highest BCUT2D eigenvalue weighted by Gasteiger charge is 2.42. The summed E-state index contributed by atoms with van der Waals surface area (Å²) in [6.07, 6.45) is 0.955. The standard InChI is InChI=1S/C22H21NO3S/c1-3-20-15-26-22(19-11-10-17-6-4-5-7-18(17)14-19)23(20)27(24,25)21-12-8-16(2)9-13-21/h3-14,20,22H,1,15H2,2H3. The van der Waals surface area contributed by atoms with Crippen LogP contribution in [0.5, 0.6) is 0 Å². The Balaban J connectivity index is 1.79. The molecule has 2 unspecified atom stereocenters. The van der Waals surface area contributed by atoms with Gasteiger partial charge in [0, 0.05) is 0 Å². The number of hydrogen-bond acceptors (Lipinski definition) is 3. The second-order valence-electron chi connectivity index (χ2n) is 6.74. The lowest BCUT2D eigenvalue weighted by atomic mass is 10.1. The number of rotatable bonds is 4. The number of nitrogens with zero attached hydrogens (tertiary/aromatic N) is 1. The molecule has 0 spiro atoms. The van der Waals surface area contributed by atoms with Crippen molar-refractivity contribution in [3.05, 3.63) is 90.5 Å². The number of ether oxygens (including phenoxy) is 1. The molecule has 0 aromatic heterocycles. The highest BCUT2D eigenvalue weighted by Crippen LogP contribution is 2.37. The Morgan fingerprint density at radius 2 is 1.74 bits per heavy atom. The van der Waals surface area contributed by atoms with E-state index in [9.17, 15) is 8.42 Å². The summed E-state index contributed by atoms with van der Waals surface area (Å²) in [6, 6.07) is 20.4. The Morgan fingerprint density at radius 3 is 2.44 bits per heavy atom. The zero-order valence-corrected chi connectivity index (χ0v) is 15.9. The Hall–Kier alpha value is -2.47. The second-order valence-corrected chi connectivity index (χ2v) is 8.59. The monoisotopic (exact) mass is 379 g/mol. The van der Waals surface area contributed by atoms with Crippen LogP contribution in [0, 0.1) is 6.92 Å². The largest absolute Gasteiger partial charge is 0.356 e. The van der Waals surface area contributed by atoms with Gasteiger partial charge in [0.1, 0.15) is 0 Å². The summed E-state index contributed by atoms with van der Waals surface area (Å²) in [6.45, 7) is 6.02. The lowest BCUT2D eigenvalue weighted by molar-refractivity contribution is 0.0683. The molecule has 138 valence electrons. The first-order chi connectivity index (χ1) is 13.0. The molecule has 3 aromatic rings. The van der Waals surface area contributed by atoms with Crippen LogP contribution in [0.1, 0.15) is 17.4 Å². The summed E-state index contributed by atoms with van der Waals surface area (Å²) in [5.41, 5.74) is 1.83. The fraction of sp³-hybridized carbons (Fsp3) is 0.182. The third-order valence-electron chi connectivity index (χ3n) is 4.91. The van der Waals surface area contributed by atoms with Crippen molar-refractivity contribution in [1.82, 2.24) is 4.31 Å². The number of hydrogen-bond donors (Lipinski definition) is 0. The van der Waals surface area contributed by atoms with Gasteiger partial charge in [-0.1, -0.05) is 60.2 Å². The van der Waals surface area contributed by atoms with E-state index in [-0.39, 0.29) is 11.5 Å². The fourth-order valence-corrected chi connectivity index (χ4v) is 5.08. The predicted octanol–water partition coefficient (Wildman–Crippen LogP) is 4.42. The molecule has 0 aliphatic carbocycles. The molecule has 4 rings (SSSR count). The first-order valence-corrected chi connectivity index (χ1v) is 10.3. The molecule has 4 nitrogen and oxygen atoms in total. The van der Waals surface area contributed by atoms with E-state index < -0.39 is 22.3 Å². The van der Waals surface area contributed by atoms with Gasteiger partial charge < -0.3 is 4.74 Å². The average Bonchev–Trinajstić information content (AvgIpc) is 3.13. The maximum Gasteiger partial charge on any atom is 0.246 e. The molecule has 0 amide bonds. The number of fused-ring (bicyclic) bond motifs is 1. The van der Waals surface area contributed by atoms with Crippen LogP contribution >= 0.6 is 0 Å². The zero-order valence-electron chi connectivity index (χ0n) is 15.1. The molecule has 1 heterocycles. The maximum atomic E-state index is 13.4. The van der Waals surface area contributed by atoms with Gasteiger partial charge in [-0.3, -0.25) is 0 Å². The quantitative estimate of drug-likeness (QED) is 0.630. The van der Waals surface area contributed by atoms with Crippen LogP contribution in [0.3, 0.4) is 0 Å². The summed E-state index contributed by atoms with van der Waals surface area (Å²) in [4.78, 5) is 0.260. The lowest BCUT2D eigenvalue weighted by Crippen LogP contribution is -2.37. The SMILES string of the molecule is C=CC1COC(c2ccc3ccccc3c2)N1S(=O)(=O)c1ccc(C)cc1. The zero-order chi connectivity index (χ0) is 19.0. The van der Waals surface area contributed by atoms with Crippen LogP contribution < -0.4 is 0 Å². The highest BCUT2D eigenvalue weighted by molar-refractivity contribution is 7.89. The van der Waals surface area contributed by atoms with Crippen LogP contribution in [0.2, 0.25) is 0 Å². The van der Waals surface area contributed by atoms with E-state index in [0.29, 0.717) is 0 Å². The molecule has 3 aromatic carbocycles. The van der Waals surface area contributed by atoms with Gasteiger partial charge in [-0.15, -0.1) is 6.58 Å². The minimum absolute atomic E-state index is 0.260. The molecule has 0 bridgehead atoms. The summed E-state index contributed by atoms with van der Waals surface area (Å²) in [7, 11) is -3.73. The minimum Gasteiger partial charge on any atom is -0.356 e. The van der Waals surface area contributed by atoms with Crippen molar-refractivity contribution in [3.63, 3.8) is 0 Å². The van der Waals surface area contributed by atoms with Crippen molar-refractivity contribution in [2.75, 3.05) is 6.61 Å². The number of benzene rings is 3. The summed E-state index contributed by atoms with van der Waals surface area (Å²) in [5.74, 6) is 0. The van der Waals surface area contributed by atoms with E-state index in [1.165, 1.54) is 4.31 Å². The third kappa shape index (κ3) is 3.18. The van der Waals surface area contributed by atoms with Crippen molar-refractivity contribution in [2.45, 2.75) is 24.1 Å². The maximum absolute atomic E-state index is 13.4. The highest BCUT2D eigenvalue weighted by atomic mass is 32.2. The third-order valence-corrected chi connectivity index (χ3v) is 6.80. The normalized spacial score (nSPS) is 20.8. The molecule has 0 radical (unpaired) electrons. The first-order valence-electron chi connectivity index (χ1n) is 8.84. The van der Waals surface area contributed by atoms with E-state index in [1.807, 2.05) is 49.4 Å². The van der Waals surface area contributed by atoms with E-state index in [0.717, 1.165) is 21.9 Å². The first kappa shape index (κ1) is 17.9. The Morgan fingerprint density at radius 1 is 1.04 bits per heavy atom. The predicted molar refractivity (Wildman–Crippen MR) is 107 cm³/mol. The van der Waals surface area contributed by atoms with Crippen molar-refractivity contribution < 1.29 is 13.2 Å². The van der Waals surface area contributed by atoms with Crippen LogP contribution in [0.4, 0.5) is 0 Å². The van der Waals surface area contributed by atoms with E-state index >= 15 is 0 Å². The van der Waals surface area contributed by atoms with Crippen molar-refractivity contribution in [1.29, 1.82) is 0 Å². The molecule has 1 aliphatic heterocycles. The molecule has 1 saturated heterocycles. The molecule has 1 aliphatic rings. The van der Waals surface area contributed by atoms with Crippen LogP contribution in [-0.4, -0.2) is 25.4 Å². The molecule has 5 heteroatoms. The molecule has 27 heavy (non-hydrogen) atoms. The van der Waals surface area contributed by atoms with Gasteiger partial charge in [-0.25, -0.2) is 8.42 Å². The van der Waals surface area contributed by atoms with Crippen LogP contribution in [-0.2, 0) is 14.8 Å². The van der Waals surface area contributed by atoms with Crippen molar-refractivity contribution in [3.8, 4) is 0 Å². The van der Waals surface area contributed by atoms with Gasteiger partial charge in [0.15, 0.2) is 6.23 Å².